The third-order valence-electron chi connectivity index (χ3n) is 1.44. The van der Waals surface area contributed by atoms with E-state index in [1.165, 1.54) is 0 Å². The van der Waals surface area contributed by atoms with Gasteiger partial charge in [0, 0.05) is 0 Å². The van der Waals surface area contributed by atoms with Crippen molar-refractivity contribution in [1.29, 1.82) is 0 Å². The van der Waals surface area contributed by atoms with E-state index in [4.69, 9.17) is 20.6 Å². The van der Waals surface area contributed by atoms with Crippen LogP contribution in [0.3, 0.4) is 0 Å². The van der Waals surface area contributed by atoms with Gasteiger partial charge in [-0.3, -0.25) is 14.8 Å². The molecule has 0 amide bonds. The van der Waals surface area contributed by atoms with Crippen molar-refractivity contribution < 1.29 is 45.3 Å². The van der Waals surface area contributed by atoms with Gasteiger partial charge in [0.05, 0.1) is 12.8 Å². The van der Waals surface area contributed by atoms with Gasteiger partial charge in [-0.05, 0) is 0 Å². The van der Waals surface area contributed by atoms with E-state index in [0.29, 0.717) is 0 Å². The van der Waals surface area contributed by atoms with Crippen LogP contribution in [0.15, 0.2) is 0 Å². The molecule has 11 heteroatoms. The normalized spacial score (nSPS) is 9.00. The van der Waals surface area contributed by atoms with Gasteiger partial charge in [0.15, 0.2) is 0 Å². The molecule has 0 aromatic heterocycles. The maximum atomic E-state index is 10.5. The second-order valence-electron chi connectivity index (χ2n) is 2.53. The summed E-state index contributed by atoms with van der Waals surface area (Å²) in [6, 6.07) is 0. The van der Waals surface area contributed by atoms with Crippen molar-refractivity contribution in [3.8, 4) is 0 Å². The van der Waals surface area contributed by atoms with Gasteiger partial charge >= 0.3 is 121 Å². The Labute approximate surface area is 181 Å². The van der Waals surface area contributed by atoms with E-state index >= 15 is 0 Å². The first-order chi connectivity index (χ1) is 6.34. The number of aliphatic carboxylic acids is 3. The van der Waals surface area contributed by atoms with Crippen LogP contribution in [0.1, 0.15) is 12.8 Å². The molecule has 0 heterocycles. The Morgan fingerprint density at radius 1 is 0.941 bits per heavy atom. The van der Waals surface area contributed by atoms with Gasteiger partial charge in [-0.1, -0.05) is 0 Å². The van der Waals surface area contributed by atoms with E-state index in [0.717, 1.165) is 0 Å². The summed E-state index contributed by atoms with van der Waals surface area (Å²) < 4.78 is 0. The number of carboxylic acid groups (broad SMARTS) is 3. The minimum atomic E-state index is -2.64. The molecule has 17 heavy (non-hydrogen) atoms. The van der Waals surface area contributed by atoms with Crippen LogP contribution in [0.2, 0.25) is 0 Å². The Bertz CT molecular complexity index is 250. The van der Waals surface area contributed by atoms with E-state index in [2.05, 4.69) is 4.89 Å². The van der Waals surface area contributed by atoms with Crippen LogP contribution in [0.5, 0.6) is 0 Å². The van der Waals surface area contributed by atoms with E-state index in [9.17, 15) is 14.4 Å². The molecule has 0 fully saturated rings. The summed E-state index contributed by atoms with van der Waals surface area (Å²) in [5, 5.41) is 33.3. The summed E-state index contributed by atoms with van der Waals surface area (Å²) in [6.07, 6.45) is -2.30. The number of hydrogen-bond acceptors (Lipinski definition) is 5. The number of carboxylic acids is 3. The Morgan fingerprint density at radius 2 is 1.24 bits per heavy atom. The molecule has 0 aromatic rings. The first-order valence-corrected chi connectivity index (χ1v) is 3.33. The average molecular weight is 306 g/mol. The van der Waals surface area contributed by atoms with Crippen LogP contribution in [0, 0.1) is 0 Å². The molecule has 0 unspecified atom stereocenters. The summed E-state index contributed by atoms with van der Waals surface area (Å²) in [7, 11) is 0. The molecule has 9 nitrogen and oxygen atoms in total. The first kappa shape index (κ1) is 27.0. The van der Waals surface area contributed by atoms with Crippen molar-refractivity contribution in [2.75, 3.05) is 0 Å². The Balaban J connectivity index is -0.000000282. The first-order valence-electron chi connectivity index (χ1n) is 3.33. The van der Waals surface area contributed by atoms with Crippen molar-refractivity contribution in [3.63, 3.8) is 0 Å². The van der Waals surface area contributed by atoms with Crippen LogP contribution < -0.4 is 0 Å². The predicted molar refractivity (Wildman–Crippen MR) is 56.5 cm³/mol. The van der Waals surface area contributed by atoms with Gasteiger partial charge in [0.25, 0.3) is 0 Å². The fraction of sp³-hybridized carbons (Fsp3) is 0.500. The van der Waals surface area contributed by atoms with Crippen LogP contribution in [0.25, 0.3) is 0 Å². The zero-order chi connectivity index (χ0) is 11.4. The van der Waals surface area contributed by atoms with Crippen molar-refractivity contribution in [1.82, 2.24) is 0 Å². The predicted octanol–water partition coefficient (Wildman–Crippen LogP) is -2.87. The summed E-state index contributed by atoms with van der Waals surface area (Å²) in [5.41, 5.74) is -2.64. The molecular weight excluding hydrogens is 294 g/mol. The van der Waals surface area contributed by atoms with Crippen molar-refractivity contribution in [3.05, 3.63) is 0 Å². The Hall–Kier alpha value is 1.56. The molecule has 6 N–H and O–H groups in total. The Kier molecular flexibility index (Phi) is 20.0. The Morgan fingerprint density at radius 3 is 1.35 bits per heavy atom. The van der Waals surface area contributed by atoms with E-state index in [-0.39, 0.29) is 108 Å². The van der Waals surface area contributed by atoms with E-state index in [1.807, 2.05) is 0 Å². The number of hydrogen-bond donors (Lipinski definition) is 4. The molecule has 0 aliphatic heterocycles. The van der Waals surface area contributed by atoms with Gasteiger partial charge in [-0.15, -0.1) is 0 Å². The molecule has 0 aliphatic carbocycles. The molecule has 92 valence electrons. The minimum absolute atomic E-state index is 0. The number of rotatable bonds is 6. The molecule has 0 spiro atoms. The summed E-state index contributed by atoms with van der Waals surface area (Å²) in [6.45, 7) is 0. The standard InChI is InChI=1S/C6H8O8.2K.H2O.2H/c7-3(8)1-6(14-13,5(11)12)2-4(9)10;;;;;/h13H,1-2H2,(H,7,8)(H,9,10)(H,11,12);;;1H2;;. The van der Waals surface area contributed by atoms with Crippen molar-refractivity contribution >= 4 is 121 Å². The quantitative estimate of drug-likeness (QED) is 0.230. The fourth-order valence-corrected chi connectivity index (χ4v) is 0.806. The molecule has 0 rings (SSSR count). The van der Waals surface area contributed by atoms with Crippen LogP contribution in [-0.4, -0.2) is 152 Å². The van der Waals surface area contributed by atoms with Gasteiger partial charge in [0.1, 0.15) is 0 Å². The third-order valence-corrected chi connectivity index (χ3v) is 1.44. The van der Waals surface area contributed by atoms with Crippen molar-refractivity contribution in [2.45, 2.75) is 18.4 Å². The molecule has 0 atom stereocenters. The van der Waals surface area contributed by atoms with Crippen LogP contribution in [0.4, 0.5) is 0 Å². The maximum absolute atomic E-state index is 10.5. The van der Waals surface area contributed by atoms with Gasteiger partial charge in [0.2, 0.25) is 5.60 Å². The summed E-state index contributed by atoms with van der Waals surface area (Å²) >= 11 is 0. The zero-order valence-electron chi connectivity index (χ0n) is 7.34. The molecule has 0 saturated carbocycles. The van der Waals surface area contributed by atoms with E-state index < -0.39 is 36.4 Å². The third kappa shape index (κ3) is 10.1. The van der Waals surface area contributed by atoms with Crippen molar-refractivity contribution in [2.24, 2.45) is 0 Å². The SMILES string of the molecule is O.O=C(O)CC(CC(=O)O)(OO)C(=O)O.[KH].[KH]. The van der Waals surface area contributed by atoms with E-state index in [1.54, 1.807) is 0 Å². The van der Waals surface area contributed by atoms with Crippen LogP contribution in [-0.2, 0) is 19.3 Å². The summed E-state index contributed by atoms with van der Waals surface area (Å²) in [4.78, 5) is 34.4. The van der Waals surface area contributed by atoms with Gasteiger partial charge in [-0.25, -0.2) is 9.68 Å². The number of carbonyl (C=O) groups is 3. The van der Waals surface area contributed by atoms with Gasteiger partial charge < -0.3 is 20.8 Å². The second-order valence-corrected chi connectivity index (χ2v) is 2.53. The average Bonchev–Trinajstić information content (AvgIpc) is 2.00. The zero-order valence-corrected chi connectivity index (χ0v) is 7.34. The molecule has 0 saturated heterocycles. The topological polar surface area (TPSA) is 173 Å². The summed E-state index contributed by atoms with van der Waals surface area (Å²) in [5.74, 6) is -5.05. The second kappa shape index (κ2) is 12.6. The molecule has 0 bridgehead atoms. The van der Waals surface area contributed by atoms with Gasteiger partial charge in [-0.2, -0.15) is 0 Å². The fourth-order valence-electron chi connectivity index (χ4n) is 0.806. The molecule has 0 aromatic carbocycles. The molecular formula is C6H12K2O9. The van der Waals surface area contributed by atoms with Crippen LogP contribution >= 0.6 is 0 Å². The molecule has 0 radical (unpaired) electrons. The molecule has 0 aliphatic rings. The monoisotopic (exact) mass is 306 g/mol.